The third kappa shape index (κ3) is 4.18. The van der Waals surface area contributed by atoms with Crippen LogP contribution in [0.5, 0.6) is 0 Å². The summed E-state index contributed by atoms with van der Waals surface area (Å²) < 4.78 is 0. The van der Waals surface area contributed by atoms with Gasteiger partial charge < -0.3 is 5.32 Å². The summed E-state index contributed by atoms with van der Waals surface area (Å²) in [5.74, 6) is -0.312. The highest BCUT2D eigenvalue weighted by Gasteiger charge is 2.19. The number of hydrogen-bond donors (Lipinski definition) is 2. The summed E-state index contributed by atoms with van der Waals surface area (Å²) in [5, 5.41) is 4.62. The second kappa shape index (κ2) is 6.76. The first-order valence-corrected chi connectivity index (χ1v) is 5.81. The van der Waals surface area contributed by atoms with Gasteiger partial charge in [-0.1, -0.05) is 30.3 Å². The van der Waals surface area contributed by atoms with E-state index in [0.29, 0.717) is 6.54 Å². The first-order valence-electron chi connectivity index (χ1n) is 5.81. The van der Waals surface area contributed by atoms with Crippen molar-refractivity contribution in [3.8, 4) is 0 Å². The van der Waals surface area contributed by atoms with Crippen molar-refractivity contribution in [2.24, 2.45) is 0 Å². The molecule has 0 unspecified atom stereocenters. The predicted molar refractivity (Wildman–Crippen MR) is 70.0 cm³/mol. The molecular formula is C13H19N3O2. The number of urea groups is 1. The lowest BCUT2D eigenvalue weighted by atomic mass is 10.2. The number of carbonyl (C=O) groups is 2. The van der Waals surface area contributed by atoms with Gasteiger partial charge in [0.05, 0.1) is 6.04 Å². The summed E-state index contributed by atoms with van der Waals surface area (Å²) >= 11 is 0. The van der Waals surface area contributed by atoms with E-state index in [2.05, 4.69) is 10.6 Å². The molecule has 0 fully saturated rings. The van der Waals surface area contributed by atoms with Gasteiger partial charge in [-0.3, -0.25) is 15.0 Å². The summed E-state index contributed by atoms with van der Waals surface area (Å²) in [6.07, 6.45) is 0. The average molecular weight is 249 g/mol. The highest BCUT2D eigenvalue weighted by molar-refractivity contribution is 5.96. The van der Waals surface area contributed by atoms with Gasteiger partial charge in [0.15, 0.2) is 0 Å². The number of rotatable bonds is 4. The van der Waals surface area contributed by atoms with Crippen molar-refractivity contribution in [1.29, 1.82) is 0 Å². The standard InChI is InChI=1S/C13H19N3O2/c1-10(12(17)15-13(18)14-2)16(3)9-11-7-5-4-6-8-11/h4-8,10H,9H2,1-3H3,(H2,14,15,17,18)/t10-/m1/s1. The molecule has 5 heteroatoms. The molecule has 3 amide bonds. The second-order valence-corrected chi connectivity index (χ2v) is 4.15. The van der Waals surface area contributed by atoms with Crippen molar-refractivity contribution in [2.75, 3.05) is 14.1 Å². The van der Waals surface area contributed by atoms with Gasteiger partial charge in [-0.05, 0) is 19.5 Å². The maximum absolute atomic E-state index is 11.7. The van der Waals surface area contributed by atoms with Crippen LogP contribution in [0.2, 0.25) is 0 Å². The van der Waals surface area contributed by atoms with Gasteiger partial charge in [0.2, 0.25) is 5.91 Å². The number of imide groups is 1. The van der Waals surface area contributed by atoms with E-state index in [9.17, 15) is 9.59 Å². The van der Waals surface area contributed by atoms with Gasteiger partial charge in [-0.25, -0.2) is 4.79 Å². The quantitative estimate of drug-likeness (QED) is 0.835. The first kappa shape index (κ1) is 14.2. The van der Waals surface area contributed by atoms with Crippen LogP contribution >= 0.6 is 0 Å². The molecule has 0 aliphatic carbocycles. The molecule has 98 valence electrons. The summed E-state index contributed by atoms with van der Waals surface area (Å²) in [7, 11) is 3.32. The maximum atomic E-state index is 11.7. The van der Waals surface area contributed by atoms with Crippen molar-refractivity contribution in [3.63, 3.8) is 0 Å². The Kier molecular flexibility index (Phi) is 5.32. The summed E-state index contributed by atoms with van der Waals surface area (Å²) in [4.78, 5) is 24.7. The van der Waals surface area contributed by atoms with Gasteiger partial charge in [0.1, 0.15) is 0 Å². The number of likely N-dealkylation sites (N-methyl/N-ethyl adjacent to an activating group) is 1. The van der Waals surface area contributed by atoms with Crippen molar-refractivity contribution in [3.05, 3.63) is 35.9 Å². The molecule has 0 saturated heterocycles. The molecule has 1 aromatic rings. The monoisotopic (exact) mass is 249 g/mol. The Hall–Kier alpha value is -1.88. The topological polar surface area (TPSA) is 61.4 Å². The van der Waals surface area contributed by atoms with Gasteiger partial charge in [-0.15, -0.1) is 0 Å². The molecule has 0 saturated carbocycles. The lowest BCUT2D eigenvalue weighted by Crippen LogP contribution is -2.47. The van der Waals surface area contributed by atoms with Gasteiger partial charge in [0.25, 0.3) is 0 Å². The highest BCUT2D eigenvalue weighted by atomic mass is 16.2. The molecule has 0 aliphatic heterocycles. The Morgan fingerprint density at radius 3 is 2.44 bits per heavy atom. The minimum absolute atomic E-state index is 0.312. The van der Waals surface area contributed by atoms with Crippen molar-refractivity contribution in [1.82, 2.24) is 15.5 Å². The zero-order valence-corrected chi connectivity index (χ0v) is 10.9. The van der Waals surface area contributed by atoms with E-state index in [1.165, 1.54) is 7.05 Å². The van der Waals surface area contributed by atoms with E-state index >= 15 is 0 Å². The fraction of sp³-hybridized carbons (Fsp3) is 0.385. The number of nitrogens with one attached hydrogen (secondary N) is 2. The number of carbonyl (C=O) groups excluding carboxylic acids is 2. The highest BCUT2D eigenvalue weighted by Crippen LogP contribution is 2.05. The van der Waals surface area contributed by atoms with Crippen LogP contribution in [0.1, 0.15) is 12.5 Å². The number of nitrogens with zero attached hydrogens (tertiary/aromatic N) is 1. The molecule has 0 spiro atoms. The minimum Gasteiger partial charge on any atom is -0.341 e. The van der Waals surface area contributed by atoms with Crippen LogP contribution in [0.25, 0.3) is 0 Å². The molecule has 0 heterocycles. The Bertz CT molecular complexity index is 406. The third-order valence-electron chi connectivity index (χ3n) is 2.78. The largest absolute Gasteiger partial charge is 0.341 e. The van der Waals surface area contributed by atoms with E-state index in [1.54, 1.807) is 6.92 Å². The normalized spacial score (nSPS) is 12.0. The zero-order chi connectivity index (χ0) is 13.5. The lowest BCUT2D eigenvalue weighted by molar-refractivity contribution is -0.124. The molecule has 0 aliphatic rings. The molecule has 18 heavy (non-hydrogen) atoms. The van der Waals surface area contributed by atoms with Gasteiger partial charge in [0, 0.05) is 13.6 Å². The minimum atomic E-state index is -0.486. The Morgan fingerprint density at radius 2 is 1.89 bits per heavy atom. The van der Waals surface area contributed by atoms with Crippen LogP contribution in [-0.4, -0.2) is 37.0 Å². The fourth-order valence-electron chi connectivity index (χ4n) is 1.49. The predicted octanol–water partition coefficient (Wildman–Crippen LogP) is 0.962. The summed E-state index contributed by atoms with van der Waals surface area (Å²) in [6.45, 7) is 2.42. The van der Waals surface area contributed by atoms with Crippen molar-refractivity contribution < 1.29 is 9.59 Å². The Morgan fingerprint density at radius 1 is 1.28 bits per heavy atom. The van der Waals surface area contributed by atoms with Crippen LogP contribution in [0.15, 0.2) is 30.3 Å². The van der Waals surface area contributed by atoms with Crippen LogP contribution in [0, 0.1) is 0 Å². The van der Waals surface area contributed by atoms with E-state index in [1.807, 2.05) is 42.3 Å². The summed E-state index contributed by atoms with van der Waals surface area (Å²) in [5.41, 5.74) is 1.12. The lowest BCUT2D eigenvalue weighted by Gasteiger charge is -2.23. The Balaban J connectivity index is 2.53. The van der Waals surface area contributed by atoms with Crippen molar-refractivity contribution in [2.45, 2.75) is 19.5 Å². The maximum Gasteiger partial charge on any atom is 0.321 e. The first-order chi connectivity index (χ1) is 8.54. The third-order valence-corrected chi connectivity index (χ3v) is 2.78. The molecule has 1 rings (SSSR count). The molecule has 1 atom stereocenters. The molecular weight excluding hydrogens is 230 g/mol. The molecule has 5 nitrogen and oxygen atoms in total. The molecule has 1 aromatic carbocycles. The zero-order valence-electron chi connectivity index (χ0n) is 10.9. The van der Waals surface area contributed by atoms with Crippen LogP contribution < -0.4 is 10.6 Å². The van der Waals surface area contributed by atoms with E-state index in [-0.39, 0.29) is 11.9 Å². The van der Waals surface area contributed by atoms with E-state index in [4.69, 9.17) is 0 Å². The number of amides is 3. The Labute approximate surface area is 107 Å². The summed E-state index contributed by atoms with van der Waals surface area (Å²) in [6, 6.07) is 9.00. The molecule has 0 bridgehead atoms. The van der Waals surface area contributed by atoms with Crippen LogP contribution in [0.4, 0.5) is 4.79 Å². The smallest absolute Gasteiger partial charge is 0.321 e. The molecule has 2 N–H and O–H groups in total. The van der Waals surface area contributed by atoms with Crippen molar-refractivity contribution >= 4 is 11.9 Å². The number of hydrogen-bond acceptors (Lipinski definition) is 3. The van der Waals surface area contributed by atoms with Gasteiger partial charge >= 0.3 is 6.03 Å². The number of benzene rings is 1. The second-order valence-electron chi connectivity index (χ2n) is 4.15. The molecule has 0 radical (unpaired) electrons. The van der Waals surface area contributed by atoms with Crippen LogP contribution in [-0.2, 0) is 11.3 Å². The molecule has 0 aromatic heterocycles. The van der Waals surface area contributed by atoms with E-state index < -0.39 is 6.03 Å². The van der Waals surface area contributed by atoms with E-state index in [0.717, 1.165) is 5.56 Å². The van der Waals surface area contributed by atoms with Crippen LogP contribution in [0.3, 0.4) is 0 Å². The SMILES string of the molecule is CNC(=O)NC(=O)[C@@H](C)N(C)Cc1ccccc1. The van der Waals surface area contributed by atoms with Gasteiger partial charge in [-0.2, -0.15) is 0 Å². The fourth-order valence-corrected chi connectivity index (χ4v) is 1.49. The average Bonchev–Trinajstić information content (AvgIpc) is 2.38.